The zero-order chi connectivity index (χ0) is 29.8. The first-order chi connectivity index (χ1) is 20.9. The summed E-state index contributed by atoms with van der Waals surface area (Å²) < 4.78 is 32.8. The second-order valence-corrected chi connectivity index (χ2v) is 11.3. The third-order valence-electron chi connectivity index (χ3n) is 7.97. The molecule has 1 aliphatic heterocycles. The number of nitrogens with zero attached hydrogens (tertiary/aromatic N) is 2. The van der Waals surface area contributed by atoms with E-state index in [1.807, 2.05) is 30.3 Å². The number of fused-ring (bicyclic) bond motifs is 2. The highest BCUT2D eigenvalue weighted by atomic mass is 32.1. The van der Waals surface area contributed by atoms with Gasteiger partial charge in [0, 0.05) is 17.8 Å². The van der Waals surface area contributed by atoms with Crippen LogP contribution in [-0.4, -0.2) is 47.8 Å². The van der Waals surface area contributed by atoms with E-state index in [4.69, 9.17) is 26.4 Å². The number of methoxy groups -OCH3 is 1. The van der Waals surface area contributed by atoms with Crippen LogP contribution in [0, 0.1) is 23.6 Å². The normalized spacial score (nSPS) is 19.1. The van der Waals surface area contributed by atoms with Crippen LogP contribution in [0.5, 0.6) is 23.1 Å². The first-order valence-corrected chi connectivity index (χ1v) is 14.6. The van der Waals surface area contributed by atoms with Gasteiger partial charge in [-0.05, 0) is 79.7 Å². The Hall–Kier alpha value is -4.35. The molecule has 1 aromatic heterocycles. The molecule has 2 atom stereocenters. The van der Waals surface area contributed by atoms with Crippen molar-refractivity contribution in [1.82, 2.24) is 20.6 Å². The molecule has 6 rings (SSSR count). The van der Waals surface area contributed by atoms with E-state index in [2.05, 4.69) is 25.9 Å². The van der Waals surface area contributed by atoms with Gasteiger partial charge >= 0.3 is 0 Å². The van der Waals surface area contributed by atoms with Crippen LogP contribution in [-0.2, 0) is 11.2 Å². The summed E-state index contributed by atoms with van der Waals surface area (Å²) in [7, 11) is 1.57. The Bertz CT molecular complexity index is 1630. The maximum atomic E-state index is 15.1. The molecule has 1 aliphatic carbocycles. The van der Waals surface area contributed by atoms with Gasteiger partial charge in [-0.3, -0.25) is 4.79 Å². The fourth-order valence-corrected chi connectivity index (χ4v) is 6.14. The van der Waals surface area contributed by atoms with Crippen molar-refractivity contribution < 1.29 is 23.4 Å². The minimum Gasteiger partial charge on any atom is -0.493 e. The van der Waals surface area contributed by atoms with Gasteiger partial charge in [-0.25, -0.2) is 14.4 Å². The van der Waals surface area contributed by atoms with E-state index < -0.39 is 5.82 Å². The largest absolute Gasteiger partial charge is 0.493 e. The lowest BCUT2D eigenvalue weighted by molar-refractivity contribution is -0.119. The number of halogens is 1. The van der Waals surface area contributed by atoms with Crippen LogP contribution in [0.1, 0.15) is 18.4 Å². The van der Waals surface area contributed by atoms with Crippen molar-refractivity contribution in [2.24, 2.45) is 17.8 Å². The number of thiocarbonyl (C=S) groups is 1. The standard InChI is InChI=1S/C32H32FN5O4S/c1-40-28-13-24-26(14-29(28)41-17-20-9-21-15-34-16-22(21)10-20)35-18-36-31(24)42-27-8-7-23(12-25(27)33)37-32(43)38-30(39)11-19-5-3-2-4-6-19/h2-8,12-14,18,20-22,34H,9-11,15-17H2,1H3,(H2,37,38,39,43). The summed E-state index contributed by atoms with van der Waals surface area (Å²) in [6, 6.07) is 17.1. The topological polar surface area (TPSA) is 107 Å². The van der Waals surface area contributed by atoms with Crippen molar-refractivity contribution in [3.8, 4) is 23.1 Å². The molecule has 11 heteroatoms. The summed E-state index contributed by atoms with van der Waals surface area (Å²) in [5, 5.41) is 9.53. The molecule has 1 saturated carbocycles. The monoisotopic (exact) mass is 601 g/mol. The lowest BCUT2D eigenvalue weighted by atomic mass is 10.0. The number of carbonyl (C=O) groups excluding carboxylic acids is 1. The number of carbonyl (C=O) groups is 1. The molecule has 0 spiro atoms. The highest BCUT2D eigenvalue weighted by Gasteiger charge is 2.37. The molecule has 0 radical (unpaired) electrons. The number of rotatable bonds is 9. The van der Waals surface area contributed by atoms with Crippen molar-refractivity contribution in [3.05, 3.63) is 78.4 Å². The minimum atomic E-state index is -0.640. The van der Waals surface area contributed by atoms with E-state index in [0.717, 1.165) is 30.5 Å². The highest BCUT2D eigenvalue weighted by Crippen LogP contribution is 2.40. The maximum absolute atomic E-state index is 15.1. The quantitative estimate of drug-likeness (QED) is 0.222. The van der Waals surface area contributed by atoms with Gasteiger partial charge < -0.3 is 30.2 Å². The number of benzene rings is 3. The predicted molar refractivity (Wildman–Crippen MR) is 165 cm³/mol. The summed E-state index contributed by atoms with van der Waals surface area (Å²) in [6.07, 6.45) is 3.88. The van der Waals surface area contributed by atoms with E-state index in [-0.39, 0.29) is 29.1 Å². The van der Waals surface area contributed by atoms with Crippen molar-refractivity contribution in [3.63, 3.8) is 0 Å². The number of aromatic nitrogens is 2. The second kappa shape index (κ2) is 12.9. The number of anilines is 1. The Kier molecular flexibility index (Phi) is 8.62. The average molecular weight is 602 g/mol. The van der Waals surface area contributed by atoms with Crippen molar-refractivity contribution in [1.29, 1.82) is 0 Å². The highest BCUT2D eigenvalue weighted by molar-refractivity contribution is 7.80. The van der Waals surface area contributed by atoms with Gasteiger partial charge in [-0.15, -0.1) is 0 Å². The summed E-state index contributed by atoms with van der Waals surface area (Å²) in [5.41, 5.74) is 1.80. The molecule has 43 heavy (non-hydrogen) atoms. The predicted octanol–water partition coefficient (Wildman–Crippen LogP) is 5.25. The SMILES string of the molecule is COc1cc2c(Oc3ccc(NC(=S)NC(=O)Cc4ccccc4)cc3F)ncnc2cc1OCC1CC2CNCC2C1. The van der Waals surface area contributed by atoms with Gasteiger partial charge in [-0.2, -0.15) is 0 Å². The number of nitrogens with one attached hydrogen (secondary N) is 3. The summed E-state index contributed by atoms with van der Waals surface area (Å²) >= 11 is 5.23. The van der Waals surface area contributed by atoms with Gasteiger partial charge in [0.25, 0.3) is 0 Å². The third kappa shape index (κ3) is 6.84. The number of amides is 1. The molecule has 222 valence electrons. The number of hydrogen-bond donors (Lipinski definition) is 3. The summed E-state index contributed by atoms with van der Waals surface area (Å²) in [5.74, 6) is 2.35. The molecule has 1 saturated heterocycles. The molecule has 9 nitrogen and oxygen atoms in total. The lowest BCUT2D eigenvalue weighted by Crippen LogP contribution is -2.35. The molecule has 2 unspecified atom stereocenters. The van der Waals surface area contributed by atoms with E-state index in [1.54, 1.807) is 25.3 Å². The zero-order valence-corrected chi connectivity index (χ0v) is 24.5. The Balaban J connectivity index is 1.10. The van der Waals surface area contributed by atoms with E-state index in [1.165, 1.54) is 31.3 Å². The van der Waals surface area contributed by atoms with Crippen LogP contribution in [0.15, 0.2) is 67.0 Å². The fourth-order valence-electron chi connectivity index (χ4n) is 5.91. The smallest absolute Gasteiger partial charge is 0.230 e. The number of hydrogen-bond acceptors (Lipinski definition) is 8. The van der Waals surface area contributed by atoms with Crippen LogP contribution in [0.2, 0.25) is 0 Å². The maximum Gasteiger partial charge on any atom is 0.230 e. The van der Waals surface area contributed by atoms with Crippen LogP contribution >= 0.6 is 12.2 Å². The van der Waals surface area contributed by atoms with Crippen molar-refractivity contribution in [2.75, 3.05) is 32.1 Å². The molecule has 2 aliphatic rings. The molecule has 1 amide bonds. The molecule has 0 bridgehead atoms. The molecular weight excluding hydrogens is 569 g/mol. The van der Waals surface area contributed by atoms with Crippen LogP contribution in [0.4, 0.5) is 10.1 Å². The lowest BCUT2D eigenvalue weighted by Gasteiger charge is -2.16. The minimum absolute atomic E-state index is 0.0369. The van der Waals surface area contributed by atoms with Gasteiger partial charge in [-0.1, -0.05) is 30.3 Å². The second-order valence-electron chi connectivity index (χ2n) is 10.9. The Morgan fingerprint density at radius 2 is 1.81 bits per heavy atom. The Morgan fingerprint density at radius 1 is 1.02 bits per heavy atom. The molecule has 3 aromatic carbocycles. The Labute approximate surface area is 254 Å². The van der Waals surface area contributed by atoms with Crippen molar-refractivity contribution >= 4 is 39.8 Å². The van der Waals surface area contributed by atoms with E-state index in [0.29, 0.717) is 40.6 Å². The molecule has 2 fully saturated rings. The third-order valence-corrected chi connectivity index (χ3v) is 8.17. The van der Waals surface area contributed by atoms with Crippen molar-refractivity contribution in [2.45, 2.75) is 19.3 Å². The molecule has 3 N–H and O–H groups in total. The summed E-state index contributed by atoms with van der Waals surface area (Å²) in [4.78, 5) is 20.9. The van der Waals surface area contributed by atoms with Gasteiger partial charge in [0.1, 0.15) is 6.33 Å². The first kappa shape index (κ1) is 28.8. The molecule has 2 heterocycles. The van der Waals surface area contributed by atoms with Crippen LogP contribution in [0.25, 0.3) is 10.9 Å². The fraction of sp³-hybridized carbons (Fsp3) is 0.312. The summed E-state index contributed by atoms with van der Waals surface area (Å²) in [6.45, 7) is 2.82. The van der Waals surface area contributed by atoms with Crippen LogP contribution < -0.4 is 30.2 Å². The molecule has 4 aromatic rings. The molecular formula is C32H32FN5O4S. The average Bonchev–Trinajstić information content (AvgIpc) is 3.60. The van der Waals surface area contributed by atoms with Gasteiger partial charge in [0.15, 0.2) is 28.2 Å². The van der Waals surface area contributed by atoms with Gasteiger partial charge in [0.05, 0.1) is 31.0 Å². The van der Waals surface area contributed by atoms with Crippen LogP contribution in [0.3, 0.4) is 0 Å². The number of ether oxygens (including phenoxy) is 3. The first-order valence-electron chi connectivity index (χ1n) is 14.2. The van der Waals surface area contributed by atoms with Gasteiger partial charge in [0.2, 0.25) is 11.8 Å². The van der Waals surface area contributed by atoms with E-state index in [9.17, 15) is 4.79 Å². The Morgan fingerprint density at radius 3 is 2.56 bits per heavy atom. The zero-order valence-electron chi connectivity index (χ0n) is 23.6. The van der Waals surface area contributed by atoms with E-state index >= 15 is 4.39 Å².